The van der Waals surface area contributed by atoms with Crippen LogP contribution in [0.1, 0.15) is 43.4 Å². The molecule has 190 valence electrons. The molecule has 2 aliphatic rings. The number of anilines is 1. The summed E-state index contributed by atoms with van der Waals surface area (Å²) in [5.74, 6) is -0.812. The largest absolute Gasteiger partial charge is 0.573 e. The van der Waals surface area contributed by atoms with Crippen molar-refractivity contribution < 1.29 is 27.1 Å². The number of nitrogens with two attached hydrogens (primary N) is 1. The summed E-state index contributed by atoms with van der Waals surface area (Å²) < 4.78 is 55.1. The van der Waals surface area contributed by atoms with E-state index in [1.165, 1.54) is 43.3 Å². The second kappa shape index (κ2) is 11.1. The molecule has 0 aliphatic carbocycles. The van der Waals surface area contributed by atoms with Gasteiger partial charge in [-0.25, -0.2) is 4.39 Å². The molecule has 2 atom stereocenters. The number of hydrogen-bond donors (Lipinski definition) is 1. The molecule has 2 saturated heterocycles. The first-order chi connectivity index (χ1) is 16.6. The molecule has 2 fully saturated rings. The van der Waals surface area contributed by atoms with Crippen molar-refractivity contribution in [2.45, 2.75) is 58.6 Å². The maximum absolute atomic E-state index is 13.1. The first-order valence-electron chi connectivity index (χ1n) is 11.7. The van der Waals surface area contributed by atoms with Crippen molar-refractivity contribution in [2.24, 2.45) is 0 Å². The number of hydrogen-bond acceptors (Lipinski definition) is 4. The number of amides is 1. The third-order valence-electron chi connectivity index (χ3n) is 6.14. The topological polar surface area (TPSA) is 58.8 Å². The quantitative estimate of drug-likeness (QED) is 0.338. The molecular formula is C26H31F4N3O2. The molecule has 2 aromatic carbocycles. The zero-order valence-electron chi connectivity index (χ0n) is 20.1. The number of ether oxygens (including phenoxy) is 1. The zero-order chi connectivity index (χ0) is 25.8. The molecule has 9 heteroatoms. The number of fused-ring (bicyclic) bond motifs is 2. The molecule has 1 amide bonds. The first kappa shape index (κ1) is 26.5. The average molecular weight is 494 g/mol. The smallest absolute Gasteiger partial charge is 0.405 e. The summed E-state index contributed by atoms with van der Waals surface area (Å²) >= 11 is 0. The van der Waals surface area contributed by atoms with Crippen LogP contribution in [0.15, 0.2) is 42.5 Å². The lowest BCUT2D eigenvalue weighted by Gasteiger charge is -2.40. The number of nitrogens with zero attached hydrogens (tertiary/aromatic N) is 2. The number of nitrogen functional groups attached to an aromatic ring is 1. The van der Waals surface area contributed by atoms with Crippen LogP contribution < -0.4 is 10.5 Å². The van der Waals surface area contributed by atoms with Gasteiger partial charge in [-0.15, -0.1) is 13.2 Å². The molecule has 2 aliphatic heterocycles. The van der Waals surface area contributed by atoms with E-state index in [4.69, 9.17) is 5.73 Å². The van der Waals surface area contributed by atoms with Gasteiger partial charge in [-0.3, -0.25) is 9.69 Å². The van der Waals surface area contributed by atoms with Gasteiger partial charge < -0.3 is 15.4 Å². The SMILES string of the molecule is CC.Cc1cc(N)c(/C=C/C(=O)N2C3CCC2CN(Cc2ccc(F)cc2)C3)cc1OC(F)(F)F. The van der Waals surface area contributed by atoms with E-state index < -0.39 is 6.36 Å². The monoisotopic (exact) mass is 493 g/mol. The number of piperazine rings is 1. The molecule has 2 unspecified atom stereocenters. The minimum absolute atomic E-state index is 0.0563. The highest BCUT2D eigenvalue weighted by molar-refractivity contribution is 5.93. The van der Waals surface area contributed by atoms with Gasteiger partial charge in [0.25, 0.3) is 0 Å². The zero-order valence-corrected chi connectivity index (χ0v) is 20.1. The van der Waals surface area contributed by atoms with Gasteiger partial charge in [-0.05, 0) is 61.2 Å². The second-order valence-corrected chi connectivity index (χ2v) is 8.58. The van der Waals surface area contributed by atoms with E-state index in [1.54, 1.807) is 12.1 Å². The third kappa shape index (κ3) is 6.75. The van der Waals surface area contributed by atoms with Crippen LogP contribution in [0.2, 0.25) is 0 Å². The summed E-state index contributed by atoms with van der Waals surface area (Å²) in [4.78, 5) is 17.1. The number of benzene rings is 2. The summed E-state index contributed by atoms with van der Waals surface area (Å²) in [6, 6.07) is 9.11. The fraction of sp³-hybridized carbons (Fsp3) is 0.423. The Morgan fingerprint density at radius 1 is 1.11 bits per heavy atom. The standard InChI is InChI=1S/C24H25F4N3O2.C2H6/c1-15-10-21(29)17(11-22(15)33-24(26,27)28)4-9-23(32)31-19-7-8-20(31)14-30(13-19)12-16-2-5-18(25)6-3-16;1-2/h2-6,9-11,19-20H,7-8,12-14,29H2,1H3;1-2H3/b9-4+;. The van der Waals surface area contributed by atoms with E-state index in [0.717, 1.165) is 18.4 Å². The summed E-state index contributed by atoms with van der Waals surface area (Å²) in [6.45, 7) is 7.58. The molecule has 4 rings (SSSR count). The lowest BCUT2D eigenvalue weighted by Crippen LogP contribution is -2.55. The molecule has 2 bridgehead atoms. The Morgan fingerprint density at radius 3 is 2.29 bits per heavy atom. The van der Waals surface area contributed by atoms with Gasteiger partial charge in [-0.1, -0.05) is 26.0 Å². The molecule has 5 nitrogen and oxygen atoms in total. The predicted octanol–water partition coefficient (Wildman–Crippen LogP) is 5.53. The van der Waals surface area contributed by atoms with Gasteiger partial charge in [0.15, 0.2) is 0 Å². The van der Waals surface area contributed by atoms with Crippen LogP contribution in [0.5, 0.6) is 5.75 Å². The second-order valence-electron chi connectivity index (χ2n) is 8.58. The highest BCUT2D eigenvalue weighted by Gasteiger charge is 2.41. The maximum Gasteiger partial charge on any atom is 0.573 e. The summed E-state index contributed by atoms with van der Waals surface area (Å²) in [7, 11) is 0. The molecule has 0 spiro atoms. The van der Waals surface area contributed by atoms with E-state index in [0.29, 0.717) is 19.6 Å². The molecule has 0 aromatic heterocycles. The Hall–Kier alpha value is -3.07. The fourth-order valence-electron chi connectivity index (χ4n) is 4.68. The van der Waals surface area contributed by atoms with Crippen molar-refractivity contribution in [3.8, 4) is 5.75 Å². The molecule has 2 heterocycles. The Balaban J connectivity index is 0.00000167. The Labute approximate surface area is 203 Å². The van der Waals surface area contributed by atoms with E-state index in [2.05, 4.69) is 9.64 Å². The van der Waals surface area contributed by atoms with Gasteiger partial charge in [0, 0.05) is 49.0 Å². The van der Waals surface area contributed by atoms with Crippen LogP contribution in [0.3, 0.4) is 0 Å². The van der Waals surface area contributed by atoms with E-state index in [-0.39, 0.29) is 46.4 Å². The van der Waals surface area contributed by atoms with Crippen LogP contribution in [-0.4, -0.2) is 47.2 Å². The number of halogens is 4. The van der Waals surface area contributed by atoms with E-state index >= 15 is 0 Å². The predicted molar refractivity (Wildman–Crippen MR) is 128 cm³/mol. The molecule has 0 radical (unpaired) electrons. The van der Waals surface area contributed by atoms with Crippen molar-refractivity contribution >= 4 is 17.7 Å². The highest BCUT2D eigenvalue weighted by atomic mass is 19.4. The Kier molecular flexibility index (Phi) is 8.43. The maximum atomic E-state index is 13.1. The average Bonchev–Trinajstić information content (AvgIpc) is 3.07. The number of carbonyl (C=O) groups excluding carboxylic acids is 1. The van der Waals surface area contributed by atoms with Crippen molar-refractivity contribution in [1.29, 1.82) is 0 Å². The van der Waals surface area contributed by atoms with Crippen LogP contribution >= 0.6 is 0 Å². The molecule has 0 saturated carbocycles. The van der Waals surface area contributed by atoms with Crippen molar-refractivity contribution in [1.82, 2.24) is 9.80 Å². The van der Waals surface area contributed by atoms with Gasteiger partial charge >= 0.3 is 6.36 Å². The number of aryl methyl sites for hydroxylation is 1. The fourth-order valence-corrected chi connectivity index (χ4v) is 4.68. The van der Waals surface area contributed by atoms with E-state index in [1.807, 2.05) is 18.7 Å². The molecular weight excluding hydrogens is 462 g/mol. The summed E-state index contributed by atoms with van der Waals surface area (Å²) in [5.41, 5.74) is 7.76. The minimum Gasteiger partial charge on any atom is -0.405 e. The number of likely N-dealkylation sites (tertiary alicyclic amines) is 1. The summed E-state index contributed by atoms with van der Waals surface area (Å²) in [5, 5.41) is 0. The molecule has 2 aromatic rings. The Morgan fingerprint density at radius 2 is 1.71 bits per heavy atom. The van der Waals surface area contributed by atoms with E-state index in [9.17, 15) is 22.4 Å². The van der Waals surface area contributed by atoms with Crippen LogP contribution in [-0.2, 0) is 11.3 Å². The highest BCUT2D eigenvalue weighted by Crippen LogP contribution is 2.33. The van der Waals surface area contributed by atoms with Gasteiger partial charge in [0.1, 0.15) is 11.6 Å². The normalized spacial score (nSPS) is 20.0. The number of rotatable bonds is 5. The van der Waals surface area contributed by atoms with Crippen molar-refractivity contribution in [2.75, 3.05) is 18.8 Å². The lowest BCUT2D eigenvalue weighted by molar-refractivity contribution is -0.274. The van der Waals surface area contributed by atoms with Gasteiger partial charge in [0.05, 0.1) is 0 Å². The molecule has 35 heavy (non-hydrogen) atoms. The third-order valence-corrected chi connectivity index (χ3v) is 6.14. The van der Waals surface area contributed by atoms with Crippen molar-refractivity contribution in [3.63, 3.8) is 0 Å². The van der Waals surface area contributed by atoms with Gasteiger partial charge in [-0.2, -0.15) is 0 Å². The first-order valence-corrected chi connectivity index (χ1v) is 11.7. The van der Waals surface area contributed by atoms with Crippen molar-refractivity contribution in [3.05, 3.63) is 65.0 Å². The minimum atomic E-state index is -4.82. The van der Waals surface area contributed by atoms with Crippen LogP contribution in [0.4, 0.5) is 23.2 Å². The van der Waals surface area contributed by atoms with Gasteiger partial charge in [0.2, 0.25) is 5.91 Å². The van der Waals surface area contributed by atoms with Crippen LogP contribution in [0.25, 0.3) is 6.08 Å². The molecule has 2 N–H and O–H groups in total. The summed E-state index contributed by atoms with van der Waals surface area (Å²) in [6.07, 6.45) is -0.241. The Bertz CT molecular complexity index is 1040. The lowest BCUT2D eigenvalue weighted by atomic mass is 10.1. The van der Waals surface area contributed by atoms with Crippen LogP contribution in [0, 0.1) is 12.7 Å². The number of carbonyl (C=O) groups is 1. The number of alkyl halides is 3.